The molecule has 2 rings (SSSR count). The normalized spacial score (nSPS) is 13.3. The molecule has 0 aliphatic rings. The van der Waals surface area contributed by atoms with Crippen molar-refractivity contribution in [2.24, 2.45) is 5.73 Å². The molecular weight excluding hydrogens is 284 g/mol. The standard InChI is InChI=1S/C14H22N6O2/c1-10(19-6-4-5-16-19)7-13-17-12(8-11(15)21)18-20(13)9-14(2,3)22/h4-6,10,22H,7-9H2,1-3H3,(H2,15,21). The third-order valence-electron chi connectivity index (χ3n) is 3.12. The lowest BCUT2D eigenvalue weighted by atomic mass is 10.1. The van der Waals surface area contributed by atoms with Gasteiger partial charge in [0.1, 0.15) is 5.82 Å². The summed E-state index contributed by atoms with van der Waals surface area (Å²) in [7, 11) is 0. The fourth-order valence-electron chi connectivity index (χ4n) is 2.20. The molecule has 0 aliphatic heterocycles. The summed E-state index contributed by atoms with van der Waals surface area (Å²) in [5.74, 6) is 0.591. The number of aromatic nitrogens is 5. The molecule has 8 heteroatoms. The number of carbonyl (C=O) groups excluding carboxylic acids is 1. The number of hydrogen-bond acceptors (Lipinski definition) is 5. The number of rotatable bonds is 7. The summed E-state index contributed by atoms with van der Waals surface area (Å²) in [5, 5.41) is 18.5. The largest absolute Gasteiger partial charge is 0.389 e. The summed E-state index contributed by atoms with van der Waals surface area (Å²) in [6.45, 7) is 5.70. The number of nitrogens with zero attached hydrogens (tertiary/aromatic N) is 5. The Morgan fingerprint density at radius 3 is 2.77 bits per heavy atom. The van der Waals surface area contributed by atoms with Crippen molar-refractivity contribution in [3.8, 4) is 0 Å². The van der Waals surface area contributed by atoms with Crippen LogP contribution in [0.25, 0.3) is 0 Å². The van der Waals surface area contributed by atoms with Gasteiger partial charge in [0.05, 0.1) is 24.6 Å². The molecule has 0 radical (unpaired) electrons. The zero-order valence-corrected chi connectivity index (χ0v) is 13.1. The molecule has 0 aromatic carbocycles. The summed E-state index contributed by atoms with van der Waals surface area (Å²) in [6, 6.07) is 1.94. The molecule has 0 fully saturated rings. The highest BCUT2D eigenvalue weighted by Gasteiger charge is 2.21. The molecule has 1 atom stereocenters. The van der Waals surface area contributed by atoms with E-state index in [2.05, 4.69) is 15.2 Å². The Bertz CT molecular complexity index is 626. The smallest absolute Gasteiger partial charge is 0.225 e. The third kappa shape index (κ3) is 4.39. The van der Waals surface area contributed by atoms with E-state index >= 15 is 0 Å². The summed E-state index contributed by atoms with van der Waals surface area (Å²) in [5.41, 5.74) is 4.27. The van der Waals surface area contributed by atoms with Crippen LogP contribution in [0, 0.1) is 0 Å². The van der Waals surface area contributed by atoms with Crippen LogP contribution in [-0.2, 0) is 24.2 Å². The van der Waals surface area contributed by atoms with E-state index in [-0.39, 0.29) is 12.5 Å². The molecule has 3 N–H and O–H groups in total. The van der Waals surface area contributed by atoms with E-state index in [4.69, 9.17) is 5.73 Å². The van der Waals surface area contributed by atoms with Crippen LogP contribution in [0.3, 0.4) is 0 Å². The molecule has 8 nitrogen and oxygen atoms in total. The van der Waals surface area contributed by atoms with Gasteiger partial charge in [-0.15, -0.1) is 0 Å². The van der Waals surface area contributed by atoms with E-state index in [9.17, 15) is 9.90 Å². The maximum Gasteiger partial charge on any atom is 0.225 e. The third-order valence-corrected chi connectivity index (χ3v) is 3.12. The van der Waals surface area contributed by atoms with E-state index in [0.29, 0.717) is 24.6 Å². The molecular formula is C14H22N6O2. The van der Waals surface area contributed by atoms with Crippen LogP contribution >= 0.6 is 0 Å². The van der Waals surface area contributed by atoms with Crippen molar-refractivity contribution in [2.75, 3.05) is 0 Å². The number of hydrogen-bond donors (Lipinski definition) is 2. The highest BCUT2D eigenvalue weighted by molar-refractivity contribution is 5.75. The molecule has 0 saturated carbocycles. The van der Waals surface area contributed by atoms with E-state index in [1.807, 2.05) is 23.9 Å². The number of primary amides is 1. The quantitative estimate of drug-likeness (QED) is 0.752. The molecule has 0 bridgehead atoms. The van der Waals surface area contributed by atoms with Gasteiger partial charge in [0, 0.05) is 18.8 Å². The predicted octanol–water partition coefficient (Wildman–Crippen LogP) is 0.0770. The van der Waals surface area contributed by atoms with Gasteiger partial charge in [-0.1, -0.05) is 0 Å². The molecule has 1 amide bonds. The Kier molecular flexibility index (Phi) is 4.60. The van der Waals surface area contributed by atoms with Crippen molar-refractivity contribution >= 4 is 5.91 Å². The topological polar surface area (TPSA) is 112 Å². The van der Waals surface area contributed by atoms with Crippen LogP contribution in [-0.4, -0.2) is 41.2 Å². The molecule has 0 saturated heterocycles. The Labute approximate surface area is 129 Å². The summed E-state index contributed by atoms with van der Waals surface area (Å²) in [6.07, 6.45) is 4.17. The SMILES string of the molecule is CC(Cc1nc(CC(N)=O)nn1CC(C)(C)O)n1cccn1. The molecule has 0 aliphatic carbocycles. The lowest BCUT2D eigenvalue weighted by molar-refractivity contribution is -0.117. The lowest BCUT2D eigenvalue weighted by Gasteiger charge is -2.19. The van der Waals surface area contributed by atoms with Crippen molar-refractivity contribution in [3.63, 3.8) is 0 Å². The van der Waals surface area contributed by atoms with E-state index in [1.54, 1.807) is 24.7 Å². The lowest BCUT2D eigenvalue weighted by Crippen LogP contribution is -2.28. The van der Waals surface area contributed by atoms with Crippen LogP contribution in [0.15, 0.2) is 18.5 Å². The van der Waals surface area contributed by atoms with E-state index < -0.39 is 11.5 Å². The van der Waals surface area contributed by atoms with Crippen LogP contribution in [0.2, 0.25) is 0 Å². The van der Waals surface area contributed by atoms with E-state index in [1.165, 1.54) is 0 Å². The van der Waals surface area contributed by atoms with Gasteiger partial charge in [0.15, 0.2) is 5.82 Å². The summed E-state index contributed by atoms with van der Waals surface area (Å²) < 4.78 is 3.47. The maximum atomic E-state index is 11.1. The van der Waals surface area contributed by atoms with Gasteiger partial charge < -0.3 is 10.8 Å². The van der Waals surface area contributed by atoms with Crippen molar-refractivity contribution in [2.45, 2.75) is 51.8 Å². The van der Waals surface area contributed by atoms with Crippen LogP contribution < -0.4 is 5.73 Å². The Morgan fingerprint density at radius 2 is 2.23 bits per heavy atom. The monoisotopic (exact) mass is 306 g/mol. The first kappa shape index (κ1) is 16.2. The predicted molar refractivity (Wildman–Crippen MR) is 79.9 cm³/mol. The molecule has 120 valence electrons. The Morgan fingerprint density at radius 1 is 1.50 bits per heavy atom. The minimum Gasteiger partial charge on any atom is -0.389 e. The minimum absolute atomic E-state index is 0.0119. The van der Waals surface area contributed by atoms with Gasteiger partial charge in [-0.2, -0.15) is 10.2 Å². The first-order chi connectivity index (χ1) is 10.2. The summed E-state index contributed by atoms with van der Waals surface area (Å²) in [4.78, 5) is 15.4. The molecule has 22 heavy (non-hydrogen) atoms. The zero-order valence-electron chi connectivity index (χ0n) is 13.1. The van der Waals surface area contributed by atoms with Gasteiger partial charge in [0.2, 0.25) is 5.91 Å². The maximum absolute atomic E-state index is 11.1. The number of amides is 1. The average Bonchev–Trinajstić information content (AvgIpc) is 2.97. The van der Waals surface area contributed by atoms with Crippen molar-refractivity contribution in [3.05, 3.63) is 30.1 Å². The van der Waals surface area contributed by atoms with Gasteiger partial charge in [-0.3, -0.25) is 9.48 Å². The first-order valence-corrected chi connectivity index (χ1v) is 7.17. The van der Waals surface area contributed by atoms with Gasteiger partial charge in [0.25, 0.3) is 0 Å². The molecule has 2 aromatic rings. The second-order valence-corrected chi connectivity index (χ2v) is 6.10. The van der Waals surface area contributed by atoms with Gasteiger partial charge >= 0.3 is 0 Å². The molecule has 2 heterocycles. The van der Waals surface area contributed by atoms with Gasteiger partial charge in [-0.05, 0) is 26.8 Å². The zero-order chi connectivity index (χ0) is 16.3. The second-order valence-electron chi connectivity index (χ2n) is 6.10. The molecule has 2 aromatic heterocycles. The van der Waals surface area contributed by atoms with Crippen LogP contribution in [0.4, 0.5) is 0 Å². The fraction of sp³-hybridized carbons (Fsp3) is 0.571. The second kappa shape index (κ2) is 6.27. The first-order valence-electron chi connectivity index (χ1n) is 7.17. The number of carbonyl (C=O) groups is 1. The highest BCUT2D eigenvalue weighted by atomic mass is 16.3. The molecule has 0 spiro atoms. The Balaban J connectivity index is 2.23. The summed E-state index contributed by atoms with van der Waals surface area (Å²) >= 11 is 0. The van der Waals surface area contributed by atoms with Crippen molar-refractivity contribution in [1.29, 1.82) is 0 Å². The Hall–Kier alpha value is -2.22. The van der Waals surface area contributed by atoms with Crippen LogP contribution in [0.1, 0.15) is 38.5 Å². The van der Waals surface area contributed by atoms with Gasteiger partial charge in [-0.25, -0.2) is 9.67 Å². The number of aliphatic hydroxyl groups is 1. The van der Waals surface area contributed by atoms with Crippen molar-refractivity contribution in [1.82, 2.24) is 24.5 Å². The van der Waals surface area contributed by atoms with E-state index in [0.717, 1.165) is 0 Å². The molecule has 1 unspecified atom stereocenters. The van der Waals surface area contributed by atoms with Crippen molar-refractivity contribution < 1.29 is 9.90 Å². The average molecular weight is 306 g/mol. The van der Waals surface area contributed by atoms with Crippen LogP contribution in [0.5, 0.6) is 0 Å². The highest BCUT2D eigenvalue weighted by Crippen LogP contribution is 2.14. The number of nitrogens with two attached hydrogens (primary N) is 1. The minimum atomic E-state index is -0.929. The fourth-order valence-corrected chi connectivity index (χ4v) is 2.20.